The molecule has 0 radical (unpaired) electrons. The number of hydrogen-bond acceptors (Lipinski definition) is 3. The molecule has 0 amide bonds. The summed E-state index contributed by atoms with van der Waals surface area (Å²) in [6, 6.07) is 8.91. The lowest BCUT2D eigenvalue weighted by atomic mass is 10.1. The summed E-state index contributed by atoms with van der Waals surface area (Å²) in [5, 5.41) is 3.52. The highest BCUT2D eigenvalue weighted by atomic mass is 15.0. The molecule has 1 aromatic carbocycles. The van der Waals surface area contributed by atoms with Crippen molar-refractivity contribution in [2.75, 3.05) is 0 Å². The van der Waals surface area contributed by atoms with Crippen LogP contribution in [-0.2, 0) is 6.54 Å². The molecule has 0 spiro atoms. The molecule has 4 N–H and O–H groups in total. The number of fused-ring (bicyclic) bond motifs is 1. The van der Waals surface area contributed by atoms with E-state index in [0.29, 0.717) is 6.04 Å². The minimum atomic E-state index is 0.158. The highest BCUT2D eigenvalue weighted by Crippen LogP contribution is 2.36. The summed E-state index contributed by atoms with van der Waals surface area (Å²) in [7, 11) is 0. The van der Waals surface area contributed by atoms with Gasteiger partial charge in [-0.1, -0.05) is 24.3 Å². The average molecular weight is 228 g/mol. The first kappa shape index (κ1) is 10.5. The molecule has 0 saturated heterocycles. The van der Waals surface area contributed by atoms with Gasteiger partial charge in [0.1, 0.15) is 0 Å². The van der Waals surface area contributed by atoms with E-state index in [4.69, 9.17) is 5.73 Å². The molecule has 88 valence electrons. The van der Waals surface area contributed by atoms with Crippen molar-refractivity contribution in [1.82, 2.24) is 15.3 Å². The summed E-state index contributed by atoms with van der Waals surface area (Å²) in [5.41, 5.74) is 9.83. The molecule has 0 saturated carbocycles. The normalized spacial score (nSPS) is 22.6. The van der Waals surface area contributed by atoms with Gasteiger partial charge >= 0.3 is 0 Å². The molecule has 1 heterocycles. The molecule has 1 aliphatic carbocycles. The Balaban J connectivity index is 1.73. The summed E-state index contributed by atoms with van der Waals surface area (Å²) in [6.07, 6.45) is 4.51. The van der Waals surface area contributed by atoms with Gasteiger partial charge in [-0.15, -0.1) is 0 Å². The fraction of sp³-hybridized carbons (Fsp3) is 0.308. The van der Waals surface area contributed by atoms with Gasteiger partial charge in [0, 0.05) is 30.5 Å². The lowest BCUT2D eigenvalue weighted by molar-refractivity contribution is 0.495. The molecule has 1 aliphatic rings. The van der Waals surface area contributed by atoms with Crippen LogP contribution in [0.2, 0.25) is 0 Å². The molecule has 2 unspecified atom stereocenters. The summed E-state index contributed by atoms with van der Waals surface area (Å²) >= 11 is 0. The molecular formula is C13H16N4. The fourth-order valence-corrected chi connectivity index (χ4v) is 2.48. The van der Waals surface area contributed by atoms with Crippen molar-refractivity contribution in [1.29, 1.82) is 0 Å². The van der Waals surface area contributed by atoms with Gasteiger partial charge in [0.25, 0.3) is 0 Å². The van der Waals surface area contributed by atoms with E-state index in [0.717, 1.165) is 18.7 Å². The van der Waals surface area contributed by atoms with Gasteiger partial charge in [0.15, 0.2) is 0 Å². The summed E-state index contributed by atoms with van der Waals surface area (Å²) in [5.74, 6) is 0. The maximum Gasteiger partial charge on any atom is 0.0922 e. The van der Waals surface area contributed by atoms with Crippen LogP contribution in [0, 0.1) is 0 Å². The Morgan fingerprint density at radius 2 is 2.18 bits per heavy atom. The number of benzene rings is 1. The van der Waals surface area contributed by atoms with Crippen LogP contribution in [-0.4, -0.2) is 9.97 Å². The quantitative estimate of drug-likeness (QED) is 0.748. The van der Waals surface area contributed by atoms with E-state index in [-0.39, 0.29) is 6.04 Å². The number of imidazole rings is 1. The first-order valence-corrected chi connectivity index (χ1v) is 5.89. The Hall–Kier alpha value is -1.65. The zero-order valence-electron chi connectivity index (χ0n) is 9.56. The van der Waals surface area contributed by atoms with Crippen molar-refractivity contribution < 1.29 is 0 Å². The maximum atomic E-state index is 6.13. The van der Waals surface area contributed by atoms with E-state index in [1.165, 1.54) is 11.1 Å². The molecule has 0 bridgehead atoms. The van der Waals surface area contributed by atoms with Gasteiger partial charge in [-0.05, 0) is 17.5 Å². The number of aromatic amines is 1. The molecule has 3 rings (SSSR count). The Morgan fingerprint density at radius 3 is 2.94 bits per heavy atom. The van der Waals surface area contributed by atoms with Crippen LogP contribution in [0.4, 0.5) is 0 Å². The monoisotopic (exact) mass is 228 g/mol. The van der Waals surface area contributed by atoms with E-state index in [1.54, 1.807) is 6.33 Å². The lowest BCUT2D eigenvalue weighted by Crippen LogP contribution is -2.19. The standard InChI is InChI=1S/C13H16N4/c14-12-5-13(11-4-2-1-3-10(11)12)16-7-9-6-15-8-17-9/h1-4,6,8,12-13,16H,5,7,14H2,(H,15,17). The van der Waals surface area contributed by atoms with Crippen molar-refractivity contribution in [3.8, 4) is 0 Å². The molecular weight excluding hydrogens is 212 g/mol. The number of aromatic nitrogens is 2. The molecule has 2 aromatic rings. The number of hydrogen-bond donors (Lipinski definition) is 3. The second-order valence-corrected chi connectivity index (χ2v) is 4.48. The van der Waals surface area contributed by atoms with Crippen molar-refractivity contribution in [2.45, 2.75) is 25.0 Å². The zero-order valence-corrected chi connectivity index (χ0v) is 9.56. The maximum absolute atomic E-state index is 6.13. The summed E-state index contributed by atoms with van der Waals surface area (Å²) in [4.78, 5) is 7.10. The topological polar surface area (TPSA) is 66.7 Å². The third kappa shape index (κ3) is 1.97. The van der Waals surface area contributed by atoms with Gasteiger partial charge in [0.2, 0.25) is 0 Å². The average Bonchev–Trinajstić information content (AvgIpc) is 2.96. The Morgan fingerprint density at radius 1 is 1.35 bits per heavy atom. The number of H-pyrrole nitrogens is 1. The van der Waals surface area contributed by atoms with E-state index in [2.05, 4.69) is 39.6 Å². The van der Waals surface area contributed by atoms with Crippen molar-refractivity contribution in [2.24, 2.45) is 5.73 Å². The predicted octanol–water partition coefficient (Wildman–Crippen LogP) is 1.64. The summed E-state index contributed by atoms with van der Waals surface area (Å²) < 4.78 is 0. The second-order valence-electron chi connectivity index (χ2n) is 4.48. The first-order valence-electron chi connectivity index (χ1n) is 5.89. The minimum absolute atomic E-state index is 0.158. The number of rotatable bonds is 3. The summed E-state index contributed by atoms with van der Waals surface area (Å²) in [6.45, 7) is 0.797. The highest BCUT2D eigenvalue weighted by molar-refractivity contribution is 5.37. The SMILES string of the molecule is NC1CC(NCc2cnc[nH]2)c2ccccc21. The van der Waals surface area contributed by atoms with Crippen LogP contribution >= 0.6 is 0 Å². The molecule has 17 heavy (non-hydrogen) atoms. The van der Waals surface area contributed by atoms with Gasteiger partial charge in [-0.2, -0.15) is 0 Å². The molecule has 0 fully saturated rings. The molecule has 4 nitrogen and oxygen atoms in total. The largest absolute Gasteiger partial charge is 0.347 e. The minimum Gasteiger partial charge on any atom is -0.347 e. The van der Waals surface area contributed by atoms with Crippen LogP contribution in [0.25, 0.3) is 0 Å². The number of nitrogens with zero attached hydrogens (tertiary/aromatic N) is 1. The van der Waals surface area contributed by atoms with E-state index < -0.39 is 0 Å². The molecule has 4 heteroatoms. The van der Waals surface area contributed by atoms with E-state index in [9.17, 15) is 0 Å². The van der Waals surface area contributed by atoms with Crippen LogP contribution in [0.15, 0.2) is 36.8 Å². The van der Waals surface area contributed by atoms with Crippen molar-refractivity contribution >= 4 is 0 Å². The third-order valence-corrected chi connectivity index (χ3v) is 3.35. The van der Waals surface area contributed by atoms with Crippen molar-refractivity contribution in [3.63, 3.8) is 0 Å². The Bertz CT molecular complexity index is 492. The Kier molecular flexibility index (Phi) is 2.66. The van der Waals surface area contributed by atoms with Gasteiger partial charge in [0.05, 0.1) is 6.33 Å². The highest BCUT2D eigenvalue weighted by Gasteiger charge is 2.27. The number of nitrogens with two attached hydrogens (primary N) is 1. The second kappa shape index (κ2) is 4.31. The molecule has 1 aromatic heterocycles. The van der Waals surface area contributed by atoms with Gasteiger partial charge in [-0.3, -0.25) is 0 Å². The van der Waals surface area contributed by atoms with Gasteiger partial charge in [-0.25, -0.2) is 4.98 Å². The predicted molar refractivity (Wildman–Crippen MR) is 66.2 cm³/mol. The lowest BCUT2D eigenvalue weighted by Gasteiger charge is -2.12. The van der Waals surface area contributed by atoms with Crippen LogP contribution in [0.5, 0.6) is 0 Å². The molecule has 2 atom stereocenters. The third-order valence-electron chi connectivity index (χ3n) is 3.35. The molecule has 0 aliphatic heterocycles. The van der Waals surface area contributed by atoms with Crippen LogP contribution in [0.1, 0.15) is 35.3 Å². The smallest absolute Gasteiger partial charge is 0.0922 e. The Labute approximate surface area is 100 Å². The first-order chi connectivity index (χ1) is 8.34. The fourth-order valence-electron chi connectivity index (χ4n) is 2.48. The zero-order chi connectivity index (χ0) is 11.7. The van der Waals surface area contributed by atoms with Crippen LogP contribution < -0.4 is 11.1 Å². The van der Waals surface area contributed by atoms with Crippen LogP contribution in [0.3, 0.4) is 0 Å². The van der Waals surface area contributed by atoms with E-state index in [1.807, 2.05) is 6.20 Å². The number of nitrogens with one attached hydrogen (secondary N) is 2. The van der Waals surface area contributed by atoms with E-state index >= 15 is 0 Å². The van der Waals surface area contributed by atoms with Gasteiger partial charge < -0.3 is 16.0 Å². The van der Waals surface area contributed by atoms with Crippen molar-refractivity contribution in [3.05, 3.63) is 53.6 Å².